The molecule has 33 heavy (non-hydrogen) atoms. The molecule has 1 amide bonds. The highest BCUT2D eigenvalue weighted by Crippen LogP contribution is 2.37. The summed E-state index contributed by atoms with van der Waals surface area (Å²) in [6, 6.07) is 18.7. The Kier molecular flexibility index (Phi) is 5.60. The van der Waals surface area contributed by atoms with E-state index in [4.69, 9.17) is 5.10 Å². The lowest BCUT2D eigenvalue weighted by Crippen LogP contribution is -2.24. The van der Waals surface area contributed by atoms with Crippen LogP contribution in [-0.4, -0.2) is 20.7 Å². The zero-order valence-electron chi connectivity index (χ0n) is 18.3. The summed E-state index contributed by atoms with van der Waals surface area (Å²) in [5, 5.41) is 11.2. The lowest BCUT2D eigenvalue weighted by Gasteiger charge is -2.17. The maximum absolute atomic E-state index is 15.1. The number of carbonyl (C=O) groups excluding carboxylic acids is 1. The lowest BCUT2D eigenvalue weighted by atomic mass is 9.94. The molecule has 6 nitrogen and oxygen atoms in total. The van der Waals surface area contributed by atoms with E-state index in [0.29, 0.717) is 30.9 Å². The number of benzene rings is 2. The van der Waals surface area contributed by atoms with Gasteiger partial charge < -0.3 is 10.6 Å². The van der Waals surface area contributed by atoms with Crippen molar-refractivity contribution < 1.29 is 9.18 Å². The Hall–Kier alpha value is -4.00. The van der Waals surface area contributed by atoms with E-state index in [2.05, 4.69) is 15.6 Å². The summed E-state index contributed by atoms with van der Waals surface area (Å²) < 4.78 is 16.9. The monoisotopic (exact) mass is 441 g/mol. The number of halogens is 1. The molecule has 0 aliphatic carbocycles. The van der Waals surface area contributed by atoms with Gasteiger partial charge in [-0.2, -0.15) is 5.10 Å². The number of hydrogen-bond acceptors (Lipinski definition) is 4. The summed E-state index contributed by atoms with van der Waals surface area (Å²) >= 11 is 0. The Bertz CT molecular complexity index is 1290. The van der Waals surface area contributed by atoms with Crippen molar-refractivity contribution in [2.75, 3.05) is 10.6 Å². The number of anilines is 2. The van der Waals surface area contributed by atoms with E-state index < -0.39 is 0 Å². The van der Waals surface area contributed by atoms with Crippen LogP contribution in [-0.2, 0) is 17.9 Å². The van der Waals surface area contributed by atoms with Crippen molar-refractivity contribution in [3.05, 3.63) is 95.7 Å². The SMILES string of the molecule is CC(c1ccc(-c2ccccc2)c(F)c1)c1nn2c(c1NCc1ccncc1)NC(=O)CC2. The molecule has 2 aromatic heterocycles. The van der Waals surface area contributed by atoms with Crippen LogP contribution in [0.1, 0.15) is 36.1 Å². The second-order valence-electron chi connectivity index (χ2n) is 8.17. The van der Waals surface area contributed by atoms with Gasteiger partial charge in [0.25, 0.3) is 0 Å². The van der Waals surface area contributed by atoms with E-state index >= 15 is 4.39 Å². The average molecular weight is 442 g/mol. The quantitative estimate of drug-likeness (QED) is 0.432. The Balaban J connectivity index is 1.49. The van der Waals surface area contributed by atoms with Gasteiger partial charge in [0.15, 0.2) is 5.82 Å². The average Bonchev–Trinajstić information content (AvgIpc) is 3.21. The smallest absolute Gasteiger partial charge is 0.227 e. The topological polar surface area (TPSA) is 71.8 Å². The van der Waals surface area contributed by atoms with Gasteiger partial charge in [-0.3, -0.25) is 9.78 Å². The molecular weight excluding hydrogens is 417 g/mol. The van der Waals surface area contributed by atoms with Crippen LogP contribution in [0.2, 0.25) is 0 Å². The number of amides is 1. The van der Waals surface area contributed by atoms with E-state index in [0.717, 1.165) is 28.1 Å². The molecule has 1 aliphatic heterocycles. The van der Waals surface area contributed by atoms with Gasteiger partial charge in [0.1, 0.15) is 11.5 Å². The third-order valence-corrected chi connectivity index (χ3v) is 5.99. The molecule has 3 heterocycles. The molecule has 4 aromatic rings. The number of aryl methyl sites for hydroxylation is 1. The lowest BCUT2D eigenvalue weighted by molar-refractivity contribution is -0.116. The third kappa shape index (κ3) is 4.22. The number of aromatic nitrogens is 3. The Labute approximate surface area is 191 Å². The van der Waals surface area contributed by atoms with Crippen molar-refractivity contribution in [2.45, 2.75) is 32.4 Å². The number of hydrogen-bond donors (Lipinski definition) is 2. The first kappa shape index (κ1) is 20.9. The second kappa shape index (κ2) is 8.86. The van der Waals surface area contributed by atoms with Crippen LogP contribution in [0, 0.1) is 5.82 Å². The number of rotatable bonds is 6. The van der Waals surface area contributed by atoms with Gasteiger partial charge in [0, 0.05) is 36.8 Å². The van der Waals surface area contributed by atoms with Gasteiger partial charge in [-0.1, -0.05) is 49.4 Å². The molecule has 0 saturated heterocycles. The van der Waals surface area contributed by atoms with Crippen LogP contribution >= 0.6 is 0 Å². The number of carbonyl (C=O) groups is 1. The Morgan fingerprint density at radius 3 is 2.67 bits per heavy atom. The minimum Gasteiger partial charge on any atom is -0.376 e. The van der Waals surface area contributed by atoms with Crippen LogP contribution in [0.4, 0.5) is 15.9 Å². The molecule has 0 saturated carbocycles. The van der Waals surface area contributed by atoms with Gasteiger partial charge in [-0.25, -0.2) is 9.07 Å². The molecule has 0 radical (unpaired) electrons. The fourth-order valence-corrected chi connectivity index (χ4v) is 4.15. The van der Waals surface area contributed by atoms with Crippen LogP contribution in [0.5, 0.6) is 0 Å². The van der Waals surface area contributed by atoms with Crippen molar-refractivity contribution in [2.24, 2.45) is 0 Å². The molecule has 1 aliphatic rings. The standard InChI is InChI=1S/C26H24FN5O/c1-17(20-7-8-21(22(27)15-20)19-5-3-2-4-6-19)24-25(29-16-18-9-12-28-13-10-18)26-30-23(33)11-14-32(26)31-24/h2-10,12-13,15,17,29H,11,14,16H2,1H3,(H,30,33). The summed E-state index contributed by atoms with van der Waals surface area (Å²) in [5.74, 6) is 0.170. The summed E-state index contributed by atoms with van der Waals surface area (Å²) in [6.45, 7) is 3.07. The predicted molar refractivity (Wildman–Crippen MR) is 126 cm³/mol. The highest BCUT2D eigenvalue weighted by Gasteiger charge is 2.27. The predicted octanol–water partition coefficient (Wildman–Crippen LogP) is 5.19. The first-order valence-electron chi connectivity index (χ1n) is 11.0. The zero-order valence-corrected chi connectivity index (χ0v) is 18.3. The Morgan fingerprint density at radius 1 is 1.12 bits per heavy atom. The fourth-order valence-electron chi connectivity index (χ4n) is 4.15. The van der Waals surface area contributed by atoms with Crippen LogP contribution in [0.3, 0.4) is 0 Å². The van der Waals surface area contributed by atoms with E-state index in [-0.39, 0.29) is 17.6 Å². The van der Waals surface area contributed by atoms with Crippen LogP contribution < -0.4 is 10.6 Å². The van der Waals surface area contributed by atoms with Crippen LogP contribution in [0.25, 0.3) is 11.1 Å². The van der Waals surface area contributed by atoms with Gasteiger partial charge >= 0.3 is 0 Å². The molecule has 7 heteroatoms. The Morgan fingerprint density at radius 2 is 1.91 bits per heavy atom. The van der Waals surface area contributed by atoms with Crippen LogP contribution in [0.15, 0.2) is 73.1 Å². The fraction of sp³-hybridized carbons (Fsp3) is 0.192. The summed E-state index contributed by atoms with van der Waals surface area (Å²) in [6.07, 6.45) is 3.87. The number of fused-ring (bicyclic) bond motifs is 1. The van der Waals surface area contributed by atoms with Gasteiger partial charge in [0.2, 0.25) is 5.91 Å². The summed E-state index contributed by atoms with van der Waals surface area (Å²) in [4.78, 5) is 16.1. The molecule has 1 atom stereocenters. The minimum atomic E-state index is -0.269. The van der Waals surface area contributed by atoms with Gasteiger partial charge in [0.05, 0.1) is 12.2 Å². The molecule has 0 fully saturated rings. The van der Waals surface area contributed by atoms with E-state index in [1.807, 2.05) is 66.2 Å². The van der Waals surface area contributed by atoms with Crippen molar-refractivity contribution in [3.8, 4) is 11.1 Å². The van der Waals surface area contributed by atoms with E-state index in [1.54, 1.807) is 18.5 Å². The molecule has 0 spiro atoms. The van der Waals surface area contributed by atoms with Crippen molar-refractivity contribution in [1.82, 2.24) is 14.8 Å². The molecule has 2 N–H and O–H groups in total. The molecular formula is C26H24FN5O. The first-order chi connectivity index (χ1) is 16.1. The number of pyridine rings is 1. The van der Waals surface area contributed by atoms with Gasteiger partial charge in [-0.15, -0.1) is 0 Å². The molecule has 2 aromatic carbocycles. The highest BCUT2D eigenvalue weighted by atomic mass is 19.1. The third-order valence-electron chi connectivity index (χ3n) is 5.99. The molecule has 166 valence electrons. The van der Waals surface area contributed by atoms with Crippen molar-refractivity contribution in [3.63, 3.8) is 0 Å². The summed E-state index contributed by atoms with van der Waals surface area (Å²) in [7, 11) is 0. The first-order valence-corrected chi connectivity index (χ1v) is 11.0. The van der Waals surface area contributed by atoms with Crippen molar-refractivity contribution >= 4 is 17.4 Å². The molecule has 0 bridgehead atoms. The van der Waals surface area contributed by atoms with E-state index in [1.165, 1.54) is 0 Å². The zero-order chi connectivity index (χ0) is 22.8. The highest BCUT2D eigenvalue weighted by molar-refractivity contribution is 5.95. The normalized spacial score (nSPS) is 13.8. The van der Waals surface area contributed by atoms with Crippen molar-refractivity contribution in [1.29, 1.82) is 0 Å². The van der Waals surface area contributed by atoms with Gasteiger partial charge in [-0.05, 0) is 34.9 Å². The maximum atomic E-state index is 15.1. The summed E-state index contributed by atoms with van der Waals surface area (Å²) in [5.41, 5.74) is 4.82. The molecule has 1 unspecified atom stereocenters. The maximum Gasteiger partial charge on any atom is 0.227 e. The minimum absolute atomic E-state index is 0.0353. The largest absolute Gasteiger partial charge is 0.376 e. The van der Waals surface area contributed by atoms with E-state index in [9.17, 15) is 4.79 Å². The number of nitrogens with zero attached hydrogens (tertiary/aromatic N) is 3. The second-order valence-corrected chi connectivity index (χ2v) is 8.17. The molecule has 5 rings (SSSR count). The number of nitrogens with one attached hydrogen (secondary N) is 2.